The summed E-state index contributed by atoms with van der Waals surface area (Å²) in [7, 11) is 0. The van der Waals surface area contributed by atoms with Gasteiger partial charge < -0.3 is 15.0 Å². The topological polar surface area (TPSA) is 41.6 Å². The highest BCUT2D eigenvalue weighted by atomic mass is 16.5. The van der Waals surface area contributed by atoms with Gasteiger partial charge in [0, 0.05) is 24.8 Å². The highest BCUT2D eigenvalue weighted by Crippen LogP contribution is 2.20. The van der Waals surface area contributed by atoms with Crippen LogP contribution >= 0.6 is 0 Å². The Balaban J connectivity index is 1.93. The van der Waals surface area contributed by atoms with Gasteiger partial charge in [0.15, 0.2) is 0 Å². The molecule has 1 unspecified atom stereocenters. The van der Waals surface area contributed by atoms with Crippen LogP contribution in [0.15, 0.2) is 24.3 Å². The molecule has 0 bridgehead atoms. The van der Waals surface area contributed by atoms with E-state index < -0.39 is 0 Å². The van der Waals surface area contributed by atoms with Gasteiger partial charge in [-0.05, 0) is 37.3 Å². The van der Waals surface area contributed by atoms with Crippen molar-refractivity contribution in [3.05, 3.63) is 24.3 Å². The molecule has 1 saturated heterocycles. The number of hydrogen-bond acceptors (Lipinski definition) is 2. The van der Waals surface area contributed by atoms with Crippen molar-refractivity contribution in [2.45, 2.75) is 33.1 Å². The lowest BCUT2D eigenvalue weighted by molar-refractivity contribution is 0.182. The Morgan fingerprint density at radius 1 is 1.50 bits per heavy atom. The summed E-state index contributed by atoms with van der Waals surface area (Å²) in [5, 5.41) is 2.96. The van der Waals surface area contributed by atoms with Gasteiger partial charge in [-0.1, -0.05) is 19.9 Å². The summed E-state index contributed by atoms with van der Waals surface area (Å²) >= 11 is 0. The number of anilines is 1. The van der Waals surface area contributed by atoms with Crippen LogP contribution in [0, 0.1) is 5.92 Å². The standard InChI is InChI=1S/C16H24N2O2/c1-3-10-20-15-8-4-7-14(11-15)17-16(19)18-9-5-6-13(2)12-18/h4,7-8,11,13H,3,5-6,9-10,12H2,1-2H3,(H,17,19). The molecule has 4 nitrogen and oxygen atoms in total. The van der Waals surface area contributed by atoms with Crippen molar-refractivity contribution in [2.75, 3.05) is 25.0 Å². The zero-order chi connectivity index (χ0) is 14.4. The van der Waals surface area contributed by atoms with Gasteiger partial charge in [0.25, 0.3) is 0 Å². The molecular formula is C16H24N2O2. The number of carbonyl (C=O) groups excluding carboxylic acids is 1. The molecule has 1 atom stereocenters. The highest BCUT2D eigenvalue weighted by molar-refractivity contribution is 5.89. The van der Waals surface area contributed by atoms with Gasteiger partial charge in [-0.2, -0.15) is 0 Å². The number of benzene rings is 1. The number of urea groups is 1. The first-order valence-electron chi connectivity index (χ1n) is 7.48. The fraction of sp³-hybridized carbons (Fsp3) is 0.562. The number of piperidine rings is 1. The number of nitrogens with one attached hydrogen (secondary N) is 1. The molecule has 0 saturated carbocycles. The van der Waals surface area contributed by atoms with E-state index in [1.165, 1.54) is 6.42 Å². The summed E-state index contributed by atoms with van der Waals surface area (Å²) in [5.41, 5.74) is 0.793. The molecule has 1 aromatic rings. The van der Waals surface area contributed by atoms with E-state index in [0.717, 1.165) is 37.4 Å². The predicted octanol–water partition coefficient (Wildman–Crippen LogP) is 3.74. The Morgan fingerprint density at radius 2 is 2.35 bits per heavy atom. The monoisotopic (exact) mass is 276 g/mol. The molecule has 110 valence electrons. The van der Waals surface area contributed by atoms with E-state index in [9.17, 15) is 4.79 Å². The zero-order valence-electron chi connectivity index (χ0n) is 12.4. The number of likely N-dealkylation sites (tertiary alicyclic amines) is 1. The van der Waals surface area contributed by atoms with E-state index in [2.05, 4.69) is 19.2 Å². The smallest absolute Gasteiger partial charge is 0.321 e. The van der Waals surface area contributed by atoms with E-state index in [-0.39, 0.29) is 6.03 Å². The number of nitrogens with zero attached hydrogens (tertiary/aromatic N) is 1. The third kappa shape index (κ3) is 4.15. The normalized spacial score (nSPS) is 18.7. The van der Waals surface area contributed by atoms with E-state index in [0.29, 0.717) is 12.5 Å². The second kappa shape index (κ2) is 7.17. The number of carbonyl (C=O) groups is 1. The molecule has 1 heterocycles. The van der Waals surface area contributed by atoms with Crippen LogP contribution in [-0.2, 0) is 0 Å². The van der Waals surface area contributed by atoms with Crippen molar-refractivity contribution in [3.8, 4) is 5.75 Å². The Morgan fingerprint density at radius 3 is 3.10 bits per heavy atom. The molecule has 1 fully saturated rings. The summed E-state index contributed by atoms with van der Waals surface area (Å²) in [6, 6.07) is 7.57. The Bertz CT molecular complexity index is 448. The molecule has 2 amide bonds. The molecule has 1 N–H and O–H groups in total. The van der Waals surface area contributed by atoms with Gasteiger partial charge in [-0.25, -0.2) is 4.79 Å². The van der Waals surface area contributed by atoms with E-state index in [1.54, 1.807) is 0 Å². The summed E-state index contributed by atoms with van der Waals surface area (Å²) in [6.45, 7) is 6.66. The number of ether oxygens (including phenoxy) is 1. The SMILES string of the molecule is CCCOc1cccc(NC(=O)N2CCCC(C)C2)c1. The summed E-state index contributed by atoms with van der Waals surface area (Å²) in [5.74, 6) is 1.39. The van der Waals surface area contributed by atoms with Gasteiger partial charge in [0.05, 0.1) is 6.61 Å². The maximum Gasteiger partial charge on any atom is 0.321 e. The van der Waals surface area contributed by atoms with Crippen LogP contribution in [0.2, 0.25) is 0 Å². The minimum Gasteiger partial charge on any atom is -0.494 e. The van der Waals surface area contributed by atoms with E-state index >= 15 is 0 Å². The van der Waals surface area contributed by atoms with Crippen LogP contribution in [0.5, 0.6) is 5.75 Å². The minimum absolute atomic E-state index is 0.0100. The molecular weight excluding hydrogens is 252 g/mol. The van der Waals surface area contributed by atoms with Crippen molar-refractivity contribution in [1.29, 1.82) is 0 Å². The second-order valence-corrected chi connectivity index (χ2v) is 5.50. The lowest BCUT2D eigenvalue weighted by Crippen LogP contribution is -2.41. The summed E-state index contributed by atoms with van der Waals surface area (Å²) in [4.78, 5) is 14.1. The third-order valence-electron chi connectivity index (χ3n) is 3.50. The maximum absolute atomic E-state index is 12.2. The molecule has 1 aliphatic rings. The molecule has 2 rings (SSSR count). The van der Waals surface area contributed by atoms with Crippen LogP contribution in [0.4, 0.5) is 10.5 Å². The van der Waals surface area contributed by atoms with Crippen LogP contribution in [0.1, 0.15) is 33.1 Å². The number of rotatable bonds is 4. The van der Waals surface area contributed by atoms with E-state index in [4.69, 9.17) is 4.74 Å². The molecule has 0 aliphatic carbocycles. The molecule has 1 aliphatic heterocycles. The Hall–Kier alpha value is -1.71. The molecule has 0 aromatic heterocycles. The molecule has 1 aromatic carbocycles. The van der Waals surface area contributed by atoms with Crippen molar-refractivity contribution in [2.24, 2.45) is 5.92 Å². The third-order valence-corrected chi connectivity index (χ3v) is 3.50. The van der Waals surface area contributed by atoms with Gasteiger partial charge in [0.1, 0.15) is 5.75 Å². The van der Waals surface area contributed by atoms with Crippen molar-refractivity contribution < 1.29 is 9.53 Å². The summed E-state index contributed by atoms with van der Waals surface area (Å²) < 4.78 is 5.58. The van der Waals surface area contributed by atoms with Crippen molar-refractivity contribution in [1.82, 2.24) is 4.90 Å². The Labute approximate surface area is 121 Å². The van der Waals surface area contributed by atoms with Gasteiger partial charge in [0.2, 0.25) is 0 Å². The van der Waals surface area contributed by atoms with Crippen LogP contribution in [-0.4, -0.2) is 30.6 Å². The van der Waals surface area contributed by atoms with Gasteiger partial charge in [-0.15, -0.1) is 0 Å². The van der Waals surface area contributed by atoms with Crippen LogP contribution in [0.3, 0.4) is 0 Å². The van der Waals surface area contributed by atoms with Gasteiger partial charge >= 0.3 is 6.03 Å². The van der Waals surface area contributed by atoms with Crippen molar-refractivity contribution >= 4 is 11.7 Å². The quantitative estimate of drug-likeness (QED) is 0.910. The number of hydrogen-bond donors (Lipinski definition) is 1. The fourth-order valence-electron chi connectivity index (χ4n) is 2.46. The highest BCUT2D eigenvalue weighted by Gasteiger charge is 2.20. The largest absolute Gasteiger partial charge is 0.494 e. The lowest BCUT2D eigenvalue weighted by atomic mass is 10.0. The predicted molar refractivity (Wildman–Crippen MR) is 81.2 cm³/mol. The average Bonchev–Trinajstić information content (AvgIpc) is 2.45. The van der Waals surface area contributed by atoms with E-state index in [1.807, 2.05) is 29.2 Å². The zero-order valence-corrected chi connectivity index (χ0v) is 12.4. The molecule has 4 heteroatoms. The first-order chi connectivity index (χ1) is 9.69. The van der Waals surface area contributed by atoms with Crippen molar-refractivity contribution in [3.63, 3.8) is 0 Å². The summed E-state index contributed by atoms with van der Waals surface area (Å²) in [6.07, 6.45) is 3.28. The van der Waals surface area contributed by atoms with Crippen LogP contribution in [0.25, 0.3) is 0 Å². The molecule has 0 spiro atoms. The first-order valence-corrected chi connectivity index (χ1v) is 7.48. The number of amides is 2. The maximum atomic E-state index is 12.2. The average molecular weight is 276 g/mol. The Kier molecular flexibility index (Phi) is 5.27. The lowest BCUT2D eigenvalue weighted by Gasteiger charge is -2.30. The first kappa shape index (κ1) is 14.7. The minimum atomic E-state index is -0.0100. The molecule has 0 radical (unpaired) electrons. The fourth-order valence-corrected chi connectivity index (χ4v) is 2.46. The second-order valence-electron chi connectivity index (χ2n) is 5.50. The molecule has 20 heavy (non-hydrogen) atoms. The van der Waals surface area contributed by atoms with Gasteiger partial charge in [-0.3, -0.25) is 0 Å². The van der Waals surface area contributed by atoms with Crippen LogP contribution < -0.4 is 10.1 Å².